The molecule has 0 saturated heterocycles. The maximum Gasteiger partial charge on any atom is 0.407 e. The molecule has 140 valence electrons. The van der Waals surface area contributed by atoms with Crippen molar-refractivity contribution in [2.45, 2.75) is 26.8 Å². The fourth-order valence-electron chi connectivity index (χ4n) is 2.09. The molecule has 26 heavy (non-hydrogen) atoms. The second-order valence-electron chi connectivity index (χ2n) is 5.13. The highest BCUT2D eigenvalue weighted by molar-refractivity contribution is 7.71. The highest BCUT2D eigenvalue weighted by atomic mass is 32.1. The van der Waals surface area contributed by atoms with Crippen molar-refractivity contribution in [3.05, 3.63) is 23.1 Å². The minimum Gasteiger partial charge on any atom is -0.450 e. The molecule has 0 aliphatic heterocycles. The van der Waals surface area contributed by atoms with E-state index in [1.54, 1.807) is 17.6 Å². The summed E-state index contributed by atoms with van der Waals surface area (Å²) in [6.45, 7) is 8.24. The second kappa shape index (κ2) is 9.25. The van der Waals surface area contributed by atoms with Crippen molar-refractivity contribution in [2.75, 3.05) is 18.5 Å². The summed E-state index contributed by atoms with van der Waals surface area (Å²) < 4.78 is 7.02. The number of alkyl carbamates (subject to hydrolysis) is 1. The first-order valence-corrected chi connectivity index (χ1v) is 9.13. The van der Waals surface area contributed by atoms with Crippen LogP contribution in [0.5, 0.6) is 0 Å². The third-order valence-electron chi connectivity index (χ3n) is 3.21. The van der Waals surface area contributed by atoms with Gasteiger partial charge in [0.05, 0.1) is 17.2 Å². The molecule has 0 bridgehead atoms. The van der Waals surface area contributed by atoms with E-state index >= 15 is 0 Å². The number of carbonyl (C=O) groups excluding carboxylic acids is 2. The van der Waals surface area contributed by atoms with Crippen LogP contribution in [0.3, 0.4) is 0 Å². The van der Waals surface area contributed by atoms with Crippen LogP contribution in [-0.4, -0.2) is 44.9 Å². The van der Waals surface area contributed by atoms with Crippen molar-refractivity contribution in [2.24, 2.45) is 0 Å². The van der Waals surface area contributed by atoms with Gasteiger partial charge in [0.25, 0.3) is 0 Å². The third-order valence-corrected chi connectivity index (χ3v) is 4.59. The first-order chi connectivity index (χ1) is 12.5. The Balaban J connectivity index is 2.02. The SMILES string of the molecule is C=CCn1c(-c2sc(NC(=O)CCNC(=O)OCC)nc2C)n[nH]c1=S. The second-order valence-corrected chi connectivity index (χ2v) is 6.52. The number of aryl methyl sites for hydroxylation is 1. The summed E-state index contributed by atoms with van der Waals surface area (Å²) >= 11 is 6.52. The van der Waals surface area contributed by atoms with Crippen LogP contribution in [0.2, 0.25) is 0 Å². The van der Waals surface area contributed by atoms with Gasteiger partial charge in [0, 0.05) is 19.5 Å². The molecular formula is C15H20N6O3S2. The molecule has 11 heteroatoms. The molecule has 0 atom stereocenters. The quantitative estimate of drug-likeness (QED) is 0.467. The van der Waals surface area contributed by atoms with Crippen LogP contribution < -0.4 is 10.6 Å². The number of H-pyrrole nitrogens is 1. The molecule has 2 rings (SSSR count). The summed E-state index contributed by atoms with van der Waals surface area (Å²) in [5.41, 5.74) is 0.731. The number of anilines is 1. The van der Waals surface area contributed by atoms with Crippen molar-refractivity contribution < 1.29 is 14.3 Å². The fraction of sp³-hybridized carbons (Fsp3) is 0.400. The van der Waals surface area contributed by atoms with Crippen LogP contribution in [0.15, 0.2) is 12.7 Å². The van der Waals surface area contributed by atoms with Gasteiger partial charge >= 0.3 is 6.09 Å². The number of rotatable bonds is 8. The van der Waals surface area contributed by atoms with E-state index in [1.807, 2.05) is 6.92 Å². The molecule has 2 amide bonds. The molecule has 0 aliphatic carbocycles. The topological polar surface area (TPSA) is 114 Å². The van der Waals surface area contributed by atoms with Crippen molar-refractivity contribution >= 4 is 40.7 Å². The summed E-state index contributed by atoms with van der Waals surface area (Å²) in [5, 5.41) is 12.7. The minimum atomic E-state index is -0.544. The highest BCUT2D eigenvalue weighted by Gasteiger charge is 2.17. The molecule has 2 aromatic rings. The monoisotopic (exact) mass is 396 g/mol. The van der Waals surface area contributed by atoms with E-state index in [0.29, 0.717) is 22.3 Å². The van der Waals surface area contributed by atoms with E-state index in [1.165, 1.54) is 11.3 Å². The van der Waals surface area contributed by atoms with E-state index in [2.05, 4.69) is 32.4 Å². The highest BCUT2D eigenvalue weighted by Crippen LogP contribution is 2.31. The average Bonchev–Trinajstić information content (AvgIpc) is 3.11. The lowest BCUT2D eigenvalue weighted by Gasteiger charge is -2.04. The number of hydrogen-bond donors (Lipinski definition) is 3. The number of allylic oxidation sites excluding steroid dienone is 1. The van der Waals surface area contributed by atoms with Crippen molar-refractivity contribution in [3.8, 4) is 10.7 Å². The van der Waals surface area contributed by atoms with Crippen LogP contribution in [0.4, 0.5) is 9.93 Å². The molecule has 3 N–H and O–H groups in total. The van der Waals surface area contributed by atoms with Gasteiger partial charge in [0.15, 0.2) is 15.7 Å². The number of nitrogens with one attached hydrogen (secondary N) is 3. The summed E-state index contributed by atoms with van der Waals surface area (Å²) in [7, 11) is 0. The van der Waals surface area contributed by atoms with Gasteiger partial charge in [0.2, 0.25) is 5.91 Å². The van der Waals surface area contributed by atoms with Crippen molar-refractivity contribution in [1.29, 1.82) is 0 Å². The molecule has 0 radical (unpaired) electrons. The summed E-state index contributed by atoms with van der Waals surface area (Å²) in [6.07, 6.45) is 1.30. The average molecular weight is 396 g/mol. The van der Waals surface area contributed by atoms with Gasteiger partial charge < -0.3 is 15.4 Å². The van der Waals surface area contributed by atoms with Gasteiger partial charge in [-0.25, -0.2) is 9.78 Å². The molecule has 0 aromatic carbocycles. The molecule has 0 saturated carbocycles. The lowest BCUT2D eigenvalue weighted by Crippen LogP contribution is -2.28. The van der Waals surface area contributed by atoms with E-state index in [9.17, 15) is 9.59 Å². The zero-order valence-electron chi connectivity index (χ0n) is 14.5. The third kappa shape index (κ3) is 4.99. The Morgan fingerprint density at radius 3 is 2.96 bits per heavy atom. The number of nitrogens with zero attached hydrogens (tertiary/aromatic N) is 3. The Labute approximate surface area is 159 Å². The zero-order valence-corrected chi connectivity index (χ0v) is 16.1. The predicted octanol–water partition coefficient (Wildman–Crippen LogP) is 2.63. The first kappa shape index (κ1) is 19.8. The van der Waals surface area contributed by atoms with Gasteiger partial charge in [-0.05, 0) is 26.1 Å². The Morgan fingerprint density at radius 2 is 2.27 bits per heavy atom. The lowest BCUT2D eigenvalue weighted by molar-refractivity contribution is -0.116. The molecule has 0 spiro atoms. The van der Waals surface area contributed by atoms with Gasteiger partial charge in [-0.1, -0.05) is 17.4 Å². The summed E-state index contributed by atoms with van der Waals surface area (Å²) in [6, 6.07) is 0. The number of amides is 2. The van der Waals surface area contributed by atoms with Crippen LogP contribution >= 0.6 is 23.6 Å². The molecule has 0 fully saturated rings. The van der Waals surface area contributed by atoms with E-state index in [-0.39, 0.29) is 25.5 Å². The Kier molecular flexibility index (Phi) is 7.04. The number of ether oxygens (including phenoxy) is 1. The minimum absolute atomic E-state index is 0.113. The fourth-order valence-corrected chi connectivity index (χ4v) is 3.28. The summed E-state index contributed by atoms with van der Waals surface area (Å²) in [5.74, 6) is 0.390. The standard InChI is InChI=1S/C15H20N6O3S2/c1-4-8-21-12(19-20-14(21)25)11-9(3)17-13(26-11)18-10(22)6-7-16-15(23)24-5-2/h4H,1,5-8H2,2-3H3,(H,16,23)(H,20,25)(H,17,18,22). The largest absolute Gasteiger partial charge is 0.450 e. The molecule has 2 heterocycles. The van der Waals surface area contributed by atoms with Gasteiger partial charge in [-0.2, -0.15) is 5.10 Å². The smallest absolute Gasteiger partial charge is 0.407 e. The zero-order chi connectivity index (χ0) is 19.1. The number of aromatic amines is 1. The van der Waals surface area contributed by atoms with Gasteiger partial charge in [-0.15, -0.1) is 6.58 Å². The molecule has 2 aromatic heterocycles. The number of hydrogen-bond acceptors (Lipinski definition) is 7. The Bertz CT molecular complexity index is 854. The van der Waals surface area contributed by atoms with Crippen molar-refractivity contribution in [3.63, 3.8) is 0 Å². The van der Waals surface area contributed by atoms with E-state index < -0.39 is 6.09 Å². The number of thiazole rings is 1. The number of aromatic nitrogens is 4. The Morgan fingerprint density at radius 1 is 1.50 bits per heavy atom. The normalized spacial score (nSPS) is 10.4. The molecular weight excluding hydrogens is 376 g/mol. The first-order valence-electron chi connectivity index (χ1n) is 7.90. The van der Waals surface area contributed by atoms with E-state index in [0.717, 1.165) is 10.6 Å². The van der Waals surface area contributed by atoms with Crippen LogP contribution in [0.25, 0.3) is 10.7 Å². The maximum absolute atomic E-state index is 12.0. The van der Waals surface area contributed by atoms with Crippen LogP contribution in [-0.2, 0) is 16.1 Å². The van der Waals surface area contributed by atoms with E-state index in [4.69, 9.17) is 17.0 Å². The summed E-state index contributed by atoms with van der Waals surface area (Å²) in [4.78, 5) is 28.3. The lowest BCUT2D eigenvalue weighted by atomic mass is 10.3. The van der Waals surface area contributed by atoms with Gasteiger partial charge in [-0.3, -0.25) is 14.5 Å². The molecule has 0 unspecified atom stereocenters. The number of carbonyl (C=O) groups is 2. The maximum atomic E-state index is 12.0. The van der Waals surface area contributed by atoms with Crippen LogP contribution in [0.1, 0.15) is 19.0 Å². The predicted molar refractivity (Wildman–Crippen MR) is 102 cm³/mol. The van der Waals surface area contributed by atoms with Crippen molar-refractivity contribution in [1.82, 2.24) is 25.1 Å². The Hall–Kier alpha value is -2.53. The molecule has 9 nitrogen and oxygen atoms in total. The van der Waals surface area contributed by atoms with Crippen LogP contribution in [0, 0.1) is 11.7 Å². The molecule has 0 aliphatic rings. The van der Waals surface area contributed by atoms with Gasteiger partial charge in [0.1, 0.15) is 0 Å².